The van der Waals surface area contributed by atoms with Crippen molar-refractivity contribution < 1.29 is 9.47 Å². The van der Waals surface area contributed by atoms with Gasteiger partial charge in [0.1, 0.15) is 12.4 Å². The highest BCUT2D eigenvalue weighted by Crippen LogP contribution is 2.28. The first kappa shape index (κ1) is 17.8. The molecule has 2 aromatic rings. The summed E-state index contributed by atoms with van der Waals surface area (Å²) in [7, 11) is 1.54. The normalized spacial score (nSPS) is 10.3. The second kappa shape index (κ2) is 8.31. The molecule has 0 spiro atoms. The molecule has 0 amide bonds. The predicted molar refractivity (Wildman–Crippen MR) is 102 cm³/mol. The van der Waals surface area contributed by atoms with Gasteiger partial charge in [-0.1, -0.05) is 31.2 Å². The summed E-state index contributed by atoms with van der Waals surface area (Å²) in [6, 6.07) is 12.2. The lowest BCUT2D eigenvalue weighted by Crippen LogP contribution is -2.13. The minimum Gasteiger partial charge on any atom is -0.489 e. The molecule has 0 unspecified atom stereocenters. The lowest BCUT2D eigenvalue weighted by atomic mass is 10.1. The van der Waals surface area contributed by atoms with Gasteiger partial charge in [-0.25, -0.2) is 0 Å². The van der Waals surface area contributed by atoms with Crippen LogP contribution >= 0.6 is 28.1 Å². The summed E-state index contributed by atoms with van der Waals surface area (Å²) in [6.07, 6.45) is 1.02. The Bertz CT molecular complexity index is 703. The molecule has 3 nitrogen and oxygen atoms in total. The number of hydrogen-bond acceptors (Lipinski definition) is 3. The topological polar surface area (TPSA) is 30.5 Å². The van der Waals surface area contributed by atoms with Gasteiger partial charge in [0, 0.05) is 10.0 Å². The molecule has 0 aliphatic rings. The van der Waals surface area contributed by atoms with Crippen LogP contribution in [0.15, 0.2) is 40.9 Å². The van der Waals surface area contributed by atoms with Crippen molar-refractivity contribution >= 4 is 39.0 Å². The smallest absolute Gasteiger partial charge is 0.260 e. The van der Waals surface area contributed by atoms with Crippen LogP contribution in [0.3, 0.4) is 0 Å². The van der Waals surface area contributed by atoms with Gasteiger partial charge in [-0.3, -0.25) is 0 Å². The zero-order valence-electron chi connectivity index (χ0n) is 13.5. The molecule has 0 bridgehead atoms. The van der Waals surface area contributed by atoms with Gasteiger partial charge in [-0.15, -0.1) is 0 Å². The highest BCUT2D eigenvalue weighted by Gasteiger charge is 2.10. The van der Waals surface area contributed by atoms with Gasteiger partial charge < -0.3 is 14.8 Å². The molecule has 0 fully saturated rings. The number of anilines is 1. The van der Waals surface area contributed by atoms with Crippen LogP contribution in [0.25, 0.3) is 0 Å². The minimum atomic E-state index is 0.321. The summed E-state index contributed by atoms with van der Waals surface area (Å²) < 4.78 is 11.9. The molecular formula is C18H20BrNO2S. The number of thiocarbonyl (C=S) groups is 1. The van der Waals surface area contributed by atoms with E-state index >= 15 is 0 Å². The summed E-state index contributed by atoms with van der Waals surface area (Å²) >= 11 is 8.62. The van der Waals surface area contributed by atoms with Gasteiger partial charge in [-0.2, -0.15) is 0 Å². The lowest BCUT2D eigenvalue weighted by molar-refractivity contribution is 0.304. The van der Waals surface area contributed by atoms with Crippen molar-refractivity contribution in [3.05, 3.63) is 57.6 Å². The van der Waals surface area contributed by atoms with Crippen LogP contribution in [0.1, 0.15) is 23.6 Å². The lowest BCUT2D eigenvalue weighted by Gasteiger charge is -2.15. The number of nitrogens with one attached hydrogen (secondary N) is 1. The van der Waals surface area contributed by atoms with E-state index in [1.54, 1.807) is 7.11 Å². The SMILES string of the molecule is CCc1ccc(OCc2cccc(Br)c2NC(=S)OC)c(C)c1. The van der Waals surface area contributed by atoms with Crippen molar-refractivity contribution in [1.29, 1.82) is 0 Å². The molecule has 122 valence electrons. The van der Waals surface area contributed by atoms with Gasteiger partial charge in [0.25, 0.3) is 5.17 Å². The van der Waals surface area contributed by atoms with E-state index in [1.807, 2.05) is 24.3 Å². The van der Waals surface area contributed by atoms with Crippen LogP contribution in [-0.4, -0.2) is 12.3 Å². The van der Waals surface area contributed by atoms with Crippen molar-refractivity contribution in [2.45, 2.75) is 26.9 Å². The Labute approximate surface area is 151 Å². The molecule has 0 saturated carbocycles. The number of ether oxygens (including phenoxy) is 2. The van der Waals surface area contributed by atoms with Crippen LogP contribution in [0, 0.1) is 6.92 Å². The summed E-state index contributed by atoms with van der Waals surface area (Å²) in [5.41, 5.74) is 4.31. The zero-order chi connectivity index (χ0) is 16.8. The van der Waals surface area contributed by atoms with E-state index < -0.39 is 0 Å². The quantitative estimate of drug-likeness (QED) is 0.703. The maximum atomic E-state index is 5.99. The van der Waals surface area contributed by atoms with E-state index in [0.717, 1.165) is 33.5 Å². The van der Waals surface area contributed by atoms with E-state index in [1.165, 1.54) is 5.56 Å². The predicted octanol–water partition coefficient (Wildman–Crippen LogP) is 5.24. The van der Waals surface area contributed by atoms with E-state index in [4.69, 9.17) is 21.7 Å². The van der Waals surface area contributed by atoms with Crippen LogP contribution in [0.2, 0.25) is 0 Å². The molecular weight excluding hydrogens is 374 g/mol. The van der Waals surface area contributed by atoms with Gasteiger partial charge in [0.05, 0.1) is 12.8 Å². The molecule has 0 atom stereocenters. The van der Waals surface area contributed by atoms with Gasteiger partial charge >= 0.3 is 0 Å². The van der Waals surface area contributed by atoms with Crippen LogP contribution in [-0.2, 0) is 17.8 Å². The third-order valence-electron chi connectivity index (χ3n) is 3.54. The molecule has 0 radical (unpaired) electrons. The average Bonchev–Trinajstić information content (AvgIpc) is 2.56. The maximum Gasteiger partial charge on any atom is 0.260 e. The largest absolute Gasteiger partial charge is 0.489 e. The Morgan fingerprint density at radius 1 is 1.26 bits per heavy atom. The molecule has 2 aromatic carbocycles. The zero-order valence-corrected chi connectivity index (χ0v) is 15.9. The third kappa shape index (κ3) is 4.69. The molecule has 0 aliphatic carbocycles. The average molecular weight is 394 g/mol. The molecule has 2 rings (SSSR count). The highest BCUT2D eigenvalue weighted by molar-refractivity contribution is 9.10. The van der Waals surface area contributed by atoms with Crippen LogP contribution in [0.4, 0.5) is 5.69 Å². The van der Waals surface area contributed by atoms with Crippen LogP contribution < -0.4 is 10.1 Å². The standard InChI is InChI=1S/C18H20BrNO2S/c1-4-13-8-9-16(12(2)10-13)22-11-14-6-5-7-15(19)17(14)20-18(23)21-3/h5-10H,4,11H2,1-3H3,(H,20,23). The maximum absolute atomic E-state index is 5.99. The monoisotopic (exact) mass is 393 g/mol. The number of halogens is 1. The van der Waals surface area contributed by atoms with Gasteiger partial charge in [0.2, 0.25) is 0 Å². The van der Waals surface area contributed by atoms with E-state index in [9.17, 15) is 0 Å². The first-order chi connectivity index (χ1) is 11.0. The molecule has 0 heterocycles. The summed E-state index contributed by atoms with van der Waals surface area (Å²) in [6.45, 7) is 4.66. The van der Waals surface area contributed by atoms with Crippen molar-refractivity contribution in [2.75, 3.05) is 12.4 Å². The Morgan fingerprint density at radius 2 is 2.04 bits per heavy atom. The van der Waals surface area contributed by atoms with Crippen molar-refractivity contribution in [1.82, 2.24) is 0 Å². The third-order valence-corrected chi connectivity index (χ3v) is 4.47. The fraction of sp³-hybridized carbons (Fsp3) is 0.278. The van der Waals surface area contributed by atoms with E-state index in [-0.39, 0.29) is 0 Å². The second-order valence-electron chi connectivity index (χ2n) is 5.13. The number of para-hydroxylation sites is 1. The summed E-state index contributed by atoms with van der Waals surface area (Å²) in [4.78, 5) is 0. The molecule has 0 saturated heterocycles. The van der Waals surface area contributed by atoms with Crippen molar-refractivity contribution in [3.63, 3.8) is 0 Å². The fourth-order valence-corrected chi connectivity index (χ4v) is 2.84. The summed E-state index contributed by atoms with van der Waals surface area (Å²) in [5, 5.41) is 3.40. The van der Waals surface area contributed by atoms with Crippen LogP contribution in [0.5, 0.6) is 5.75 Å². The highest BCUT2D eigenvalue weighted by atomic mass is 79.9. The van der Waals surface area contributed by atoms with Crippen molar-refractivity contribution in [3.8, 4) is 5.75 Å². The first-order valence-electron chi connectivity index (χ1n) is 7.39. The van der Waals surface area contributed by atoms with E-state index in [2.05, 4.69) is 47.2 Å². The molecule has 23 heavy (non-hydrogen) atoms. The molecule has 1 N–H and O–H groups in total. The molecule has 5 heteroatoms. The molecule has 0 aliphatic heterocycles. The second-order valence-corrected chi connectivity index (χ2v) is 6.36. The minimum absolute atomic E-state index is 0.321. The number of rotatable bonds is 5. The fourth-order valence-electron chi connectivity index (χ4n) is 2.23. The van der Waals surface area contributed by atoms with Gasteiger partial charge in [0.15, 0.2) is 0 Å². The molecule has 0 aromatic heterocycles. The first-order valence-corrected chi connectivity index (χ1v) is 8.60. The summed E-state index contributed by atoms with van der Waals surface area (Å²) in [5.74, 6) is 0.891. The Morgan fingerprint density at radius 3 is 2.70 bits per heavy atom. The number of aryl methyl sites for hydroxylation is 2. The Kier molecular flexibility index (Phi) is 6.42. The Balaban J connectivity index is 2.17. The van der Waals surface area contributed by atoms with Gasteiger partial charge in [-0.05, 0) is 64.8 Å². The number of benzene rings is 2. The Hall–Kier alpha value is -1.59. The number of hydrogen-bond donors (Lipinski definition) is 1. The van der Waals surface area contributed by atoms with Crippen molar-refractivity contribution in [2.24, 2.45) is 0 Å². The van der Waals surface area contributed by atoms with E-state index in [0.29, 0.717) is 11.8 Å². The number of methoxy groups -OCH3 is 1.